The van der Waals surface area contributed by atoms with Gasteiger partial charge in [-0.25, -0.2) is 0 Å². The minimum absolute atomic E-state index is 0.394. The number of hydrogen-bond donors (Lipinski definition) is 2. The fourth-order valence-electron chi connectivity index (χ4n) is 4.14. The van der Waals surface area contributed by atoms with Gasteiger partial charge >= 0.3 is 11.9 Å². The molecule has 0 unspecified atom stereocenters. The van der Waals surface area contributed by atoms with Gasteiger partial charge in [-0.1, -0.05) is 31.4 Å². The highest BCUT2D eigenvalue weighted by molar-refractivity contribution is 5.77. The number of rotatable bonds is 13. The SMILES string of the molecule is Cc1c(CCCCCC(C)(C)C(=O)O)ccc(CCCCC2(C(=O)O)CC2)c1C. The molecule has 0 spiro atoms. The van der Waals surface area contributed by atoms with Crippen LogP contribution in [0.1, 0.15) is 93.9 Å². The van der Waals surface area contributed by atoms with Crippen molar-refractivity contribution in [3.63, 3.8) is 0 Å². The van der Waals surface area contributed by atoms with Gasteiger partial charge in [0.15, 0.2) is 0 Å². The first-order valence-corrected chi connectivity index (χ1v) is 11.1. The Bertz CT molecular complexity index is 729. The fraction of sp³-hybridized carbons (Fsp3) is 0.680. The predicted octanol–water partition coefficient (Wildman–Crippen LogP) is 6.09. The largest absolute Gasteiger partial charge is 0.481 e. The lowest BCUT2D eigenvalue weighted by atomic mass is 9.86. The van der Waals surface area contributed by atoms with Crippen LogP contribution in [0.4, 0.5) is 0 Å². The maximum atomic E-state index is 11.3. The third kappa shape index (κ3) is 6.32. The quantitative estimate of drug-likeness (QED) is 0.391. The number of carboxylic acid groups (broad SMARTS) is 2. The van der Waals surface area contributed by atoms with Gasteiger partial charge in [0.1, 0.15) is 0 Å². The molecule has 0 radical (unpaired) electrons. The van der Waals surface area contributed by atoms with E-state index < -0.39 is 22.8 Å². The van der Waals surface area contributed by atoms with Gasteiger partial charge in [-0.15, -0.1) is 0 Å². The highest BCUT2D eigenvalue weighted by Crippen LogP contribution is 2.50. The Balaban J connectivity index is 1.75. The van der Waals surface area contributed by atoms with E-state index in [0.717, 1.165) is 70.6 Å². The number of carbonyl (C=O) groups is 2. The van der Waals surface area contributed by atoms with E-state index in [1.807, 2.05) is 0 Å². The van der Waals surface area contributed by atoms with E-state index in [1.54, 1.807) is 13.8 Å². The summed E-state index contributed by atoms with van der Waals surface area (Å²) >= 11 is 0. The standard InChI is InChI=1S/C25H38O4/c1-18-19(2)21(11-7-9-15-25(16-17-25)23(28)29)13-12-20(18)10-6-5-8-14-24(3,4)22(26)27/h12-13H,5-11,14-17H2,1-4H3,(H,26,27)(H,28,29). The lowest BCUT2D eigenvalue weighted by molar-refractivity contribution is -0.147. The van der Waals surface area contributed by atoms with Crippen LogP contribution < -0.4 is 0 Å². The first-order chi connectivity index (χ1) is 13.6. The topological polar surface area (TPSA) is 74.6 Å². The molecule has 2 N–H and O–H groups in total. The van der Waals surface area contributed by atoms with Gasteiger partial charge in [-0.2, -0.15) is 0 Å². The molecule has 29 heavy (non-hydrogen) atoms. The highest BCUT2D eigenvalue weighted by atomic mass is 16.4. The van der Waals surface area contributed by atoms with Gasteiger partial charge < -0.3 is 10.2 Å². The number of hydrogen-bond acceptors (Lipinski definition) is 2. The van der Waals surface area contributed by atoms with Crippen LogP contribution in [0.25, 0.3) is 0 Å². The zero-order valence-corrected chi connectivity index (χ0v) is 18.6. The Hall–Kier alpha value is -1.84. The van der Waals surface area contributed by atoms with Crippen LogP contribution in [0.2, 0.25) is 0 Å². The minimum atomic E-state index is -0.713. The van der Waals surface area contributed by atoms with Crippen molar-refractivity contribution in [1.29, 1.82) is 0 Å². The summed E-state index contributed by atoms with van der Waals surface area (Å²) < 4.78 is 0. The van der Waals surface area contributed by atoms with Gasteiger partial charge in [-0.3, -0.25) is 9.59 Å². The van der Waals surface area contributed by atoms with E-state index in [-0.39, 0.29) is 0 Å². The average molecular weight is 403 g/mol. The van der Waals surface area contributed by atoms with Crippen molar-refractivity contribution in [2.75, 3.05) is 0 Å². The lowest BCUT2D eigenvalue weighted by Gasteiger charge is -2.18. The average Bonchev–Trinajstić information content (AvgIpc) is 3.44. The van der Waals surface area contributed by atoms with E-state index >= 15 is 0 Å². The van der Waals surface area contributed by atoms with E-state index in [0.29, 0.717) is 0 Å². The van der Waals surface area contributed by atoms with Crippen molar-refractivity contribution in [2.45, 2.75) is 98.3 Å². The molecule has 0 aliphatic heterocycles. The van der Waals surface area contributed by atoms with Crippen LogP contribution >= 0.6 is 0 Å². The molecule has 0 heterocycles. The molecular weight excluding hydrogens is 364 g/mol. The molecule has 0 bridgehead atoms. The van der Waals surface area contributed by atoms with Crippen molar-refractivity contribution < 1.29 is 19.8 Å². The molecular formula is C25H38O4. The predicted molar refractivity (Wildman–Crippen MR) is 116 cm³/mol. The summed E-state index contributed by atoms with van der Waals surface area (Å²) in [6.45, 7) is 8.00. The zero-order chi connectivity index (χ0) is 21.7. The number of unbranched alkanes of at least 4 members (excludes halogenated alkanes) is 3. The van der Waals surface area contributed by atoms with E-state index in [2.05, 4.69) is 26.0 Å². The minimum Gasteiger partial charge on any atom is -0.481 e. The van der Waals surface area contributed by atoms with Crippen molar-refractivity contribution in [3.8, 4) is 0 Å². The van der Waals surface area contributed by atoms with Crippen LogP contribution in [-0.4, -0.2) is 22.2 Å². The van der Waals surface area contributed by atoms with Crippen molar-refractivity contribution in [3.05, 3.63) is 34.4 Å². The normalized spacial score (nSPS) is 15.3. The van der Waals surface area contributed by atoms with Crippen LogP contribution in [0.5, 0.6) is 0 Å². The van der Waals surface area contributed by atoms with Gasteiger partial charge in [0.05, 0.1) is 10.8 Å². The smallest absolute Gasteiger partial charge is 0.309 e. The third-order valence-electron chi connectivity index (χ3n) is 7.00. The maximum absolute atomic E-state index is 11.3. The van der Waals surface area contributed by atoms with Gasteiger partial charge in [-0.05, 0) is 101 Å². The number of carboxylic acids is 2. The summed E-state index contributed by atoms with van der Waals surface area (Å²) in [5, 5.41) is 18.5. The van der Waals surface area contributed by atoms with E-state index in [1.165, 1.54) is 22.3 Å². The third-order valence-corrected chi connectivity index (χ3v) is 7.00. The van der Waals surface area contributed by atoms with Crippen LogP contribution in [0.15, 0.2) is 12.1 Å². The van der Waals surface area contributed by atoms with E-state index in [4.69, 9.17) is 0 Å². The molecule has 162 valence electrons. The van der Waals surface area contributed by atoms with Gasteiger partial charge in [0.2, 0.25) is 0 Å². The van der Waals surface area contributed by atoms with Crippen LogP contribution in [0, 0.1) is 24.7 Å². The molecule has 0 atom stereocenters. The molecule has 4 nitrogen and oxygen atoms in total. The van der Waals surface area contributed by atoms with Crippen molar-refractivity contribution >= 4 is 11.9 Å². The molecule has 1 saturated carbocycles. The molecule has 1 aromatic carbocycles. The summed E-state index contributed by atoms with van der Waals surface area (Å²) in [6.07, 6.45) is 10.4. The second-order valence-corrected chi connectivity index (χ2v) is 9.68. The first kappa shape index (κ1) is 23.4. The Morgan fingerprint density at radius 1 is 0.897 bits per heavy atom. The molecule has 1 aliphatic rings. The molecule has 2 rings (SSSR count). The summed E-state index contributed by atoms with van der Waals surface area (Å²) in [5.41, 5.74) is 4.50. The molecule has 1 aromatic rings. The molecule has 0 amide bonds. The van der Waals surface area contributed by atoms with Crippen LogP contribution in [0.3, 0.4) is 0 Å². The van der Waals surface area contributed by atoms with Crippen molar-refractivity contribution in [1.82, 2.24) is 0 Å². The number of aliphatic carboxylic acids is 2. The monoisotopic (exact) mass is 402 g/mol. The highest BCUT2D eigenvalue weighted by Gasteiger charge is 2.49. The Labute approximate surface area is 175 Å². The second kappa shape index (κ2) is 9.77. The van der Waals surface area contributed by atoms with E-state index in [9.17, 15) is 19.8 Å². The molecule has 1 fully saturated rings. The molecule has 1 aliphatic carbocycles. The molecule has 0 aromatic heterocycles. The lowest BCUT2D eigenvalue weighted by Crippen LogP contribution is -2.23. The Morgan fingerprint density at radius 2 is 1.41 bits per heavy atom. The first-order valence-electron chi connectivity index (χ1n) is 11.1. The summed E-state index contributed by atoms with van der Waals surface area (Å²) in [6, 6.07) is 4.49. The van der Waals surface area contributed by atoms with Crippen molar-refractivity contribution in [2.24, 2.45) is 10.8 Å². The molecule has 4 heteroatoms. The molecule has 0 saturated heterocycles. The number of benzene rings is 1. The van der Waals surface area contributed by atoms with Gasteiger partial charge in [0, 0.05) is 0 Å². The Kier molecular flexibility index (Phi) is 7.90. The number of aryl methyl sites for hydroxylation is 2. The fourth-order valence-corrected chi connectivity index (χ4v) is 4.14. The Morgan fingerprint density at radius 3 is 1.86 bits per heavy atom. The van der Waals surface area contributed by atoms with Gasteiger partial charge in [0.25, 0.3) is 0 Å². The van der Waals surface area contributed by atoms with Crippen LogP contribution in [-0.2, 0) is 22.4 Å². The summed E-state index contributed by atoms with van der Waals surface area (Å²) in [4.78, 5) is 22.4. The summed E-state index contributed by atoms with van der Waals surface area (Å²) in [5.74, 6) is -1.32. The zero-order valence-electron chi connectivity index (χ0n) is 18.6. The second-order valence-electron chi connectivity index (χ2n) is 9.68. The summed E-state index contributed by atoms with van der Waals surface area (Å²) in [7, 11) is 0. The maximum Gasteiger partial charge on any atom is 0.309 e.